The van der Waals surface area contributed by atoms with E-state index in [0.29, 0.717) is 0 Å². The number of rotatable bonds is 1. The molecular weight excluding hydrogens is 248 g/mol. The van der Waals surface area contributed by atoms with Crippen molar-refractivity contribution in [3.05, 3.63) is 0 Å². The van der Waals surface area contributed by atoms with Crippen molar-refractivity contribution in [2.24, 2.45) is 0 Å². The maximum absolute atomic E-state index is 9.12. The standard InChI is InChI=1S/C6H12O6.BrH/c7-1-2-3(8)4(9)5(10)6(11)12-2;/h2-11H,1H2;1H/t2-,3+,4+,5-,6?;/m1./s1. The number of hydrogen-bond donors (Lipinski definition) is 5. The van der Waals surface area contributed by atoms with E-state index >= 15 is 0 Å². The Morgan fingerprint density at radius 1 is 0.923 bits per heavy atom. The lowest BCUT2D eigenvalue weighted by Crippen LogP contribution is -2.58. The molecule has 5 atom stereocenters. The van der Waals surface area contributed by atoms with Gasteiger partial charge in [0.1, 0.15) is 24.4 Å². The van der Waals surface area contributed by atoms with Crippen molar-refractivity contribution in [2.45, 2.75) is 30.7 Å². The third kappa shape index (κ3) is 2.59. The Morgan fingerprint density at radius 2 is 1.46 bits per heavy atom. The fourth-order valence-electron chi connectivity index (χ4n) is 1.08. The van der Waals surface area contributed by atoms with Crippen LogP contribution in [0.3, 0.4) is 0 Å². The van der Waals surface area contributed by atoms with E-state index in [2.05, 4.69) is 4.74 Å². The molecule has 0 aromatic carbocycles. The molecule has 5 N–H and O–H groups in total. The summed E-state index contributed by atoms with van der Waals surface area (Å²) in [6.07, 6.45) is -7.04. The molecule has 0 aliphatic carbocycles. The second-order valence-corrected chi connectivity index (χ2v) is 2.72. The highest BCUT2D eigenvalue weighted by atomic mass is 79.9. The second kappa shape index (κ2) is 5.20. The van der Waals surface area contributed by atoms with Crippen molar-refractivity contribution in [1.29, 1.82) is 0 Å². The first kappa shape index (κ1) is 13.2. The number of aliphatic hydroxyl groups excluding tert-OH is 5. The summed E-state index contributed by atoms with van der Waals surface area (Å²) in [5.74, 6) is 0. The Bertz CT molecular complexity index is 151. The third-order valence-corrected chi connectivity index (χ3v) is 1.87. The van der Waals surface area contributed by atoms with E-state index in [4.69, 9.17) is 25.5 Å². The van der Waals surface area contributed by atoms with E-state index in [1.54, 1.807) is 0 Å². The Kier molecular flexibility index (Phi) is 5.30. The van der Waals surface area contributed by atoms with Crippen LogP contribution in [0.25, 0.3) is 0 Å². The molecule has 1 aliphatic rings. The third-order valence-electron chi connectivity index (χ3n) is 1.87. The average Bonchev–Trinajstić information content (AvgIpc) is 2.08. The fourth-order valence-corrected chi connectivity index (χ4v) is 1.08. The minimum atomic E-state index is -1.57. The molecule has 6 nitrogen and oxygen atoms in total. The average molecular weight is 261 g/mol. The van der Waals surface area contributed by atoms with Crippen LogP contribution in [-0.2, 0) is 4.74 Å². The molecule has 1 saturated heterocycles. The zero-order chi connectivity index (χ0) is 9.30. The molecule has 13 heavy (non-hydrogen) atoms. The molecule has 0 spiro atoms. The van der Waals surface area contributed by atoms with Gasteiger partial charge in [-0.15, -0.1) is 17.0 Å². The van der Waals surface area contributed by atoms with E-state index in [9.17, 15) is 0 Å². The van der Waals surface area contributed by atoms with Crippen molar-refractivity contribution < 1.29 is 30.3 Å². The highest BCUT2D eigenvalue weighted by molar-refractivity contribution is 8.93. The molecule has 1 heterocycles. The van der Waals surface area contributed by atoms with Gasteiger partial charge in [-0.3, -0.25) is 0 Å². The molecule has 0 saturated carbocycles. The molecule has 0 aromatic heterocycles. The lowest BCUT2D eigenvalue weighted by atomic mass is 10.00. The highest BCUT2D eigenvalue weighted by Gasteiger charge is 2.42. The first-order valence-electron chi connectivity index (χ1n) is 3.56. The Balaban J connectivity index is 0.00000144. The maximum Gasteiger partial charge on any atom is 0.184 e. The maximum atomic E-state index is 9.12. The van der Waals surface area contributed by atoms with Gasteiger partial charge in [0, 0.05) is 0 Å². The number of halogens is 1. The van der Waals surface area contributed by atoms with Crippen LogP contribution < -0.4 is 0 Å². The Hall–Kier alpha value is 0.240. The predicted molar refractivity (Wildman–Crippen MR) is 46.3 cm³/mol. The SMILES string of the molecule is Br.OC[C@H]1OC(O)[C@H](O)[C@@H](O)[C@H]1O. The predicted octanol–water partition coefficient (Wildman–Crippen LogP) is -2.64. The van der Waals surface area contributed by atoms with Gasteiger partial charge in [-0.25, -0.2) is 0 Å². The minimum absolute atomic E-state index is 0. The minimum Gasteiger partial charge on any atom is -0.394 e. The van der Waals surface area contributed by atoms with Crippen LogP contribution in [-0.4, -0.2) is 62.8 Å². The van der Waals surface area contributed by atoms with Crippen molar-refractivity contribution >= 4 is 17.0 Å². The van der Waals surface area contributed by atoms with E-state index in [0.717, 1.165) is 0 Å². The van der Waals surface area contributed by atoms with Crippen LogP contribution in [0.1, 0.15) is 0 Å². The summed E-state index contributed by atoms with van der Waals surface area (Å²) >= 11 is 0. The quantitative estimate of drug-likeness (QED) is 0.353. The van der Waals surface area contributed by atoms with Crippen LogP contribution in [0.15, 0.2) is 0 Å². The van der Waals surface area contributed by atoms with E-state index < -0.39 is 37.3 Å². The van der Waals surface area contributed by atoms with Crippen LogP contribution in [0.5, 0.6) is 0 Å². The summed E-state index contributed by atoms with van der Waals surface area (Å²) < 4.78 is 4.58. The van der Waals surface area contributed by atoms with Crippen molar-refractivity contribution in [1.82, 2.24) is 0 Å². The summed E-state index contributed by atoms with van der Waals surface area (Å²) in [5, 5.41) is 44.7. The van der Waals surface area contributed by atoms with Gasteiger partial charge in [-0.1, -0.05) is 0 Å². The molecule has 1 fully saturated rings. The van der Waals surface area contributed by atoms with Gasteiger partial charge in [0.25, 0.3) is 0 Å². The molecule has 7 heteroatoms. The summed E-state index contributed by atoms with van der Waals surface area (Å²) in [6, 6.07) is 0. The zero-order valence-electron chi connectivity index (χ0n) is 6.65. The van der Waals surface area contributed by atoms with E-state index in [1.165, 1.54) is 0 Å². The van der Waals surface area contributed by atoms with Gasteiger partial charge in [0.2, 0.25) is 0 Å². The van der Waals surface area contributed by atoms with Gasteiger partial charge >= 0.3 is 0 Å². The number of aliphatic hydroxyl groups is 5. The van der Waals surface area contributed by atoms with Gasteiger partial charge in [-0.05, 0) is 0 Å². The fraction of sp³-hybridized carbons (Fsp3) is 1.00. The molecule has 1 unspecified atom stereocenters. The normalized spacial score (nSPS) is 45.5. The lowest BCUT2D eigenvalue weighted by Gasteiger charge is -2.37. The largest absolute Gasteiger partial charge is 0.394 e. The van der Waals surface area contributed by atoms with Crippen molar-refractivity contribution in [2.75, 3.05) is 6.61 Å². The second-order valence-electron chi connectivity index (χ2n) is 2.72. The van der Waals surface area contributed by atoms with Crippen LogP contribution in [0.4, 0.5) is 0 Å². The first-order chi connectivity index (χ1) is 5.57. The zero-order valence-corrected chi connectivity index (χ0v) is 8.36. The van der Waals surface area contributed by atoms with Gasteiger partial charge in [0.05, 0.1) is 6.61 Å². The Morgan fingerprint density at radius 3 is 1.92 bits per heavy atom. The number of hydrogen-bond acceptors (Lipinski definition) is 6. The van der Waals surface area contributed by atoms with E-state index in [-0.39, 0.29) is 17.0 Å². The van der Waals surface area contributed by atoms with Crippen LogP contribution in [0, 0.1) is 0 Å². The van der Waals surface area contributed by atoms with Gasteiger partial charge in [-0.2, -0.15) is 0 Å². The monoisotopic (exact) mass is 260 g/mol. The molecule has 0 aromatic rings. The molecule has 0 amide bonds. The summed E-state index contributed by atoms with van der Waals surface area (Å²) in [5.41, 5.74) is 0. The van der Waals surface area contributed by atoms with Crippen LogP contribution >= 0.6 is 17.0 Å². The molecule has 0 bridgehead atoms. The highest BCUT2D eigenvalue weighted by Crippen LogP contribution is 2.18. The first-order valence-corrected chi connectivity index (χ1v) is 3.56. The molecule has 80 valence electrons. The number of ether oxygens (including phenoxy) is 1. The summed E-state index contributed by atoms with van der Waals surface area (Å²) in [7, 11) is 0. The summed E-state index contributed by atoms with van der Waals surface area (Å²) in [4.78, 5) is 0. The summed E-state index contributed by atoms with van der Waals surface area (Å²) in [6.45, 7) is -0.526. The lowest BCUT2D eigenvalue weighted by molar-refractivity contribution is -0.286. The Labute approximate surface area is 85.2 Å². The van der Waals surface area contributed by atoms with Gasteiger partial charge < -0.3 is 30.3 Å². The van der Waals surface area contributed by atoms with Crippen molar-refractivity contribution in [3.8, 4) is 0 Å². The molecule has 1 rings (SSSR count). The smallest absolute Gasteiger partial charge is 0.184 e. The van der Waals surface area contributed by atoms with Crippen molar-refractivity contribution in [3.63, 3.8) is 0 Å². The van der Waals surface area contributed by atoms with Crippen LogP contribution in [0.2, 0.25) is 0 Å². The molecular formula is C6H13BrO6. The molecule has 0 radical (unpaired) electrons. The topological polar surface area (TPSA) is 110 Å². The molecule has 1 aliphatic heterocycles. The van der Waals surface area contributed by atoms with Gasteiger partial charge in [0.15, 0.2) is 6.29 Å². The van der Waals surface area contributed by atoms with E-state index in [1.807, 2.05) is 0 Å².